The van der Waals surface area contributed by atoms with Crippen molar-refractivity contribution in [1.82, 2.24) is 82.3 Å². The van der Waals surface area contributed by atoms with Crippen LogP contribution in [0.4, 0.5) is 0 Å². The third kappa shape index (κ3) is 16.2. The largest absolute Gasteiger partial charge is 0.347 e. The molecule has 2 aliphatic carbocycles. The zero-order valence-electron chi connectivity index (χ0n) is 53.0. The van der Waals surface area contributed by atoms with Crippen LogP contribution in [0.2, 0.25) is 0 Å². The fourth-order valence-electron chi connectivity index (χ4n) is 12.3. The van der Waals surface area contributed by atoms with Crippen LogP contribution in [0.15, 0.2) is 85.2 Å². The van der Waals surface area contributed by atoms with Gasteiger partial charge in [0.25, 0.3) is 11.8 Å². The van der Waals surface area contributed by atoms with Gasteiger partial charge in [0, 0.05) is 37.1 Å². The maximum atomic E-state index is 14.7. The summed E-state index contributed by atoms with van der Waals surface area (Å²) < 4.78 is 3.22. The summed E-state index contributed by atoms with van der Waals surface area (Å²) in [6, 6.07) is 16.2. The molecule has 26 heteroatoms. The highest BCUT2D eigenvalue weighted by atomic mass is 35.5. The van der Waals surface area contributed by atoms with Crippen LogP contribution in [0.25, 0.3) is 0 Å². The molecule has 2 aliphatic heterocycles. The van der Waals surface area contributed by atoms with Crippen LogP contribution in [0.1, 0.15) is 172 Å². The van der Waals surface area contributed by atoms with Crippen molar-refractivity contribution in [2.24, 2.45) is 10.8 Å². The summed E-state index contributed by atoms with van der Waals surface area (Å²) in [6.07, 6.45) is 8.97. The standard InChI is InChI=1S/C64H86N16O8.2ClH/c1-37(65-9)55(81)71-53(63(3,4)5)61(87)77-35-45(29-51(77)59(85)69-49-26-16-20-39-18-11-13-24-47(39)49)79-33-43(73-75-79)31-67-57(83)41-22-15-23-42(28-41)58(84)68-32-44-34-80(76-74-44)46-30-52(60(86)70-50-27-17-21-40-19-12-14-25-48(40)50)78(36-46)62(88)54(64(6,7)8)72-56(82)38(2)66-10;;/h11-15,18-19,22-25,28,33-34,37-38,45-46,49-54,65-66H,16-17,20-21,26-27,29-32,35-36H2,1-10H3,(H,67,83)(H,68,84)(H,69,85)(H,70,86)(H,71,81)(H,72,82);2*1H/t37-,38-,45-,46-,49+,50+,51-,52-,53+,54+;;/m0../s1. The maximum Gasteiger partial charge on any atom is 0.251 e. The molecule has 0 spiro atoms. The van der Waals surface area contributed by atoms with E-state index in [0.717, 1.165) is 49.7 Å². The van der Waals surface area contributed by atoms with Crippen molar-refractivity contribution in [3.05, 3.63) is 130 Å². The number of nitrogens with zero attached hydrogens (tertiary/aromatic N) is 8. The van der Waals surface area contributed by atoms with E-state index in [0.29, 0.717) is 11.4 Å². The van der Waals surface area contributed by atoms with Gasteiger partial charge in [-0.1, -0.05) is 107 Å². The number of nitrogens with one attached hydrogen (secondary N) is 8. The average Bonchev–Trinajstić information content (AvgIpc) is 1.66. The van der Waals surface area contributed by atoms with Gasteiger partial charge in [-0.3, -0.25) is 38.4 Å². The van der Waals surface area contributed by atoms with Gasteiger partial charge in [-0.2, -0.15) is 0 Å². The zero-order chi connectivity index (χ0) is 63.2. The monoisotopic (exact) mass is 1280 g/mol. The molecule has 0 unspecified atom stereocenters. The Morgan fingerprint density at radius 1 is 0.556 bits per heavy atom. The highest BCUT2D eigenvalue weighted by molar-refractivity contribution is 6.00. The number of amides is 8. The topological polar surface area (TPSA) is 301 Å². The first-order valence-electron chi connectivity index (χ1n) is 30.7. The van der Waals surface area contributed by atoms with Crippen molar-refractivity contribution in [1.29, 1.82) is 0 Å². The summed E-state index contributed by atoms with van der Waals surface area (Å²) >= 11 is 0. The molecule has 3 aromatic carbocycles. The Morgan fingerprint density at radius 2 is 0.944 bits per heavy atom. The number of fused-ring (bicyclic) bond motifs is 2. The molecule has 8 N–H and O–H groups in total. The van der Waals surface area contributed by atoms with Gasteiger partial charge in [0.15, 0.2) is 0 Å². The maximum absolute atomic E-state index is 14.7. The number of benzene rings is 3. The number of aromatic nitrogens is 6. The fraction of sp³-hybridized carbons (Fsp3) is 0.531. The molecule has 4 heterocycles. The van der Waals surface area contributed by atoms with Crippen molar-refractivity contribution in [3.8, 4) is 0 Å². The molecular formula is C64H88Cl2N16O8. The van der Waals surface area contributed by atoms with Crippen LogP contribution in [0.3, 0.4) is 0 Å². The Labute approximate surface area is 538 Å². The molecule has 4 aliphatic rings. The minimum atomic E-state index is -0.949. The molecule has 0 bridgehead atoms. The summed E-state index contributed by atoms with van der Waals surface area (Å²) in [5.74, 6) is -3.01. The first-order chi connectivity index (χ1) is 41.9. The van der Waals surface area contributed by atoms with Gasteiger partial charge in [-0.15, -0.1) is 35.0 Å². The van der Waals surface area contributed by atoms with Gasteiger partial charge in [0.1, 0.15) is 35.6 Å². The molecular weight excluding hydrogens is 1190 g/mol. The molecule has 8 amide bonds. The van der Waals surface area contributed by atoms with Gasteiger partial charge in [-0.25, -0.2) is 9.36 Å². The first-order valence-corrected chi connectivity index (χ1v) is 30.7. The first kappa shape index (κ1) is 69.7. The number of carbonyl (C=O) groups excluding carboxylic acids is 8. The minimum absolute atomic E-state index is 0. The Hall–Kier alpha value is -7.80. The molecule has 0 saturated carbocycles. The number of likely N-dealkylation sites (N-methyl/N-ethyl adjacent to an activating group) is 2. The lowest BCUT2D eigenvalue weighted by atomic mass is 9.85. The van der Waals surface area contributed by atoms with Crippen LogP contribution in [-0.4, -0.2) is 150 Å². The summed E-state index contributed by atoms with van der Waals surface area (Å²) in [5, 5.41) is 41.5. The third-order valence-corrected chi connectivity index (χ3v) is 17.7. The van der Waals surface area contributed by atoms with Crippen molar-refractivity contribution in [3.63, 3.8) is 0 Å². The molecule has 2 saturated heterocycles. The number of halogens is 2. The van der Waals surface area contributed by atoms with Crippen LogP contribution in [0, 0.1) is 10.8 Å². The van der Waals surface area contributed by atoms with Gasteiger partial charge in [0.05, 0.1) is 61.7 Å². The van der Waals surface area contributed by atoms with Crippen LogP contribution in [0.5, 0.6) is 0 Å². The second kappa shape index (κ2) is 29.9. The predicted molar refractivity (Wildman–Crippen MR) is 342 cm³/mol. The lowest BCUT2D eigenvalue weighted by Gasteiger charge is -2.36. The van der Waals surface area contributed by atoms with E-state index >= 15 is 0 Å². The molecule has 24 nitrogen and oxygen atoms in total. The summed E-state index contributed by atoms with van der Waals surface area (Å²) in [4.78, 5) is 115. The SMILES string of the molecule is CN[C@@H](C)C(=O)N[C@H](C(=O)N1C[C@@H](n2cc(CNC(=O)c3cccc(C(=O)NCc4cn([C@H]5C[C@@H](C(=O)N[C@@H]6CCCc7ccccc76)N(C(=O)[C@@H](NC(=O)[C@H](C)NC)C(C)(C)C)C5)nn4)c3)nn2)C[C@H]1C(=O)N[C@@H]1CCCc2ccccc21)C(C)(C)C.Cl.Cl. The van der Waals surface area contributed by atoms with E-state index in [1.807, 2.05) is 77.9 Å². The molecule has 9 rings (SSSR count). The fourth-order valence-corrected chi connectivity index (χ4v) is 12.3. The van der Waals surface area contributed by atoms with Gasteiger partial charge in [0.2, 0.25) is 35.4 Å². The number of hydrogen-bond acceptors (Lipinski definition) is 14. The van der Waals surface area contributed by atoms with Crippen molar-refractivity contribution < 1.29 is 38.4 Å². The quantitative estimate of drug-likeness (QED) is 0.0532. The average molecular weight is 1280 g/mol. The van der Waals surface area contributed by atoms with Crippen molar-refractivity contribution in [2.45, 2.75) is 180 Å². The zero-order valence-corrected chi connectivity index (χ0v) is 54.6. The van der Waals surface area contributed by atoms with Crippen LogP contribution < -0.4 is 42.5 Å². The molecule has 10 atom stereocenters. The van der Waals surface area contributed by atoms with E-state index in [9.17, 15) is 38.4 Å². The third-order valence-electron chi connectivity index (χ3n) is 17.7. The lowest BCUT2D eigenvalue weighted by molar-refractivity contribution is -0.144. The van der Waals surface area contributed by atoms with Crippen molar-refractivity contribution >= 4 is 72.1 Å². The van der Waals surface area contributed by atoms with E-state index in [1.54, 1.807) is 77.7 Å². The second-order valence-electron chi connectivity index (χ2n) is 26.1. The van der Waals surface area contributed by atoms with E-state index in [-0.39, 0.29) is 122 Å². The molecule has 90 heavy (non-hydrogen) atoms. The number of hydrogen-bond donors (Lipinski definition) is 8. The number of aryl methyl sites for hydroxylation is 2. The van der Waals surface area contributed by atoms with Crippen molar-refractivity contribution in [2.75, 3.05) is 27.2 Å². The Balaban J connectivity index is 0.00000576. The molecule has 486 valence electrons. The van der Waals surface area contributed by atoms with E-state index in [1.165, 1.54) is 17.2 Å². The van der Waals surface area contributed by atoms with Crippen LogP contribution in [-0.2, 0) is 54.7 Å². The summed E-state index contributed by atoms with van der Waals surface area (Å²) in [6.45, 7) is 14.8. The van der Waals surface area contributed by atoms with Crippen LogP contribution >= 0.6 is 24.8 Å². The van der Waals surface area contributed by atoms with Gasteiger partial charge in [-0.05, 0) is 118 Å². The number of carbonyl (C=O) groups is 8. The minimum Gasteiger partial charge on any atom is -0.347 e. The van der Waals surface area contributed by atoms with Gasteiger partial charge < -0.3 is 52.3 Å². The van der Waals surface area contributed by atoms with Gasteiger partial charge >= 0.3 is 0 Å². The highest BCUT2D eigenvalue weighted by Gasteiger charge is 2.48. The molecule has 5 aromatic rings. The normalized spacial score (nSPS) is 20.9. The Kier molecular flexibility index (Phi) is 23.1. The smallest absolute Gasteiger partial charge is 0.251 e. The summed E-state index contributed by atoms with van der Waals surface area (Å²) in [5.41, 5.74) is 4.34. The molecule has 2 fully saturated rings. The highest BCUT2D eigenvalue weighted by Crippen LogP contribution is 2.36. The molecule has 2 aromatic heterocycles. The summed E-state index contributed by atoms with van der Waals surface area (Å²) in [7, 11) is 3.33. The van der Waals surface area contributed by atoms with E-state index in [4.69, 9.17) is 0 Å². The lowest BCUT2D eigenvalue weighted by Crippen LogP contribution is -2.59. The second-order valence-corrected chi connectivity index (χ2v) is 26.1. The Morgan fingerprint density at radius 3 is 1.32 bits per heavy atom. The Bertz CT molecular complexity index is 3180. The predicted octanol–water partition coefficient (Wildman–Crippen LogP) is 4.52. The van der Waals surface area contributed by atoms with E-state index < -0.39 is 71.0 Å². The molecule has 0 radical (unpaired) electrons. The number of rotatable bonds is 20. The van der Waals surface area contributed by atoms with E-state index in [2.05, 4.69) is 75.3 Å². The number of likely N-dealkylation sites (tertiary alicyclic amines) is 2.